The van der Waals surface area contributed by atoms with E-state index in [-0.39, 0.29) is 46.1 Å². The molecule has 1 aliphatic carbocycles. The van der Waals surface area contributed by atoms with E-state index >= 15 is 8.78 Å². The number of hydrogen-bond acceptors (Lipinski definition) is 8. The molecule has 1 saturated carbocycles. The van der Waals surface area contributed by atoms with Crippen molar-refractivity contribution in [1.82, 2.24) is 24.8 Å². The topological polar surface area (TPSA) is 83.9 Å². The maximum Gasteiger partial charge on any atom is 0.410 e. The highest BCUT2D eigenvalue weighted by Crippen LogP contribution is 2.48. The van der Waals surface area contributed by atoms with Gasteiger partial charge in [0.1, 0.15) is 30.8 Å². The van der Waals surface area contributed by atoms with Gasteiger partial charge in [-0.05, 0) is 110 Å². The molecular formula is C53H64F2N6O3Si. The Morgan fingerprint density at radius 1 is 0.938 bits per heavy atom. The van der Waals surface area contributed by atoms with Crippen molar-refractivity contribution in [3.8, 4) is 28.6 Å². The molecule has 3 aliphatic heterocycles. The largest absolute Gasteiger partial charge is 0.463 e. The molecule has 342 valence electrons. The normalized spacial score (nSPS) is 19.4. The highest BCUT2D eigenvalue weighted by molar-refractivity contribution is 6.90. The summed E-state index contributed by atoms with van der Waals surface area (Å²) < 4.78 is 47.5. The number of fused-ring (bicyclic) bond motifs is 5. The molecule has 5 aromatic rings. The number of anilines is 1. The van der Waals surface area contributed by atoms with Crippen molar-refractivity contribution < 1.29 is 23.0 Å². The molecule has 9 rings (SSSR count). The van der Waals surface area contributed by atoms with Crippen LogP contribution in [0.1, 0.15) is 110 Å². The lowest BCUT2D eigenvalue weighted by molar-refractivity contribution is 0.0122. The SMILES string of the molecule is Cc1cc(-c2c(F)cc3c(N4CC5CCC(C4)N5C(=O)OC(C)(C)C)nc(OCC4(CN5Cc6cccnc6C5)CC4)nc3c2F)c2c(C#C[Si](C(C)C)(C(C)C)C(C)C)cccc2c1. The van der Waals surface area contributed by atoms with Gasteiger partial charge in [-0.15, -0.1) is 5.54 Å². The number of aromatic nitrogens is 3. The van der Waals surface area contributed by atoms with Crippen LogP contribution in [0.25, 0.3) is 32.8 Å². The van der Waals surface area contributed by atoms with Crippen molar-refractivity contribution in [2.45, 2.75) is 142 Å². The van der Waals surface area contributed by atoms with Gasteiger partial charge in [0.15, 0.2) is 5.82 Å². The third-order valence-corrected chi connectivity index (χ3v) is 21.0. The molecule has 0 N–H and O–H groups in total. The number of rotatable bonds is 10. The summed E-state index contributed by atoms with van der Waals surface area (Å²) in [7, 11) is -2.14. The first-order chi connectivity index (χ1) is 30.9. The summed E-state index contributed by atoms with van der Waals surface area (Å²) in [5.74, 6) is 2.55. The van der Waals surface area contributed by atoms with Crippen LogP contribution in [0.4, 0.5) is 19.4 Å². The molecule has 3 aromatic carbocycles. The van der Waals surface area contributed by atoms with E-state index in [4.69, 9.17) is 19.4 Å². The Hall–Kier alpha value is -5.12. The lowest BCUT2D eigenvalue weighted by Crippen LogP contribution is -2.57. The van der Waals surface area contributed by atoms with Crippen LogP contribution in [-0.4, -0.2) is 82.8 Å². The maximum atomic E-state index is 17.9. The Kier molecular flexibility index (Phi) is 11.7. The van der Waals surface area contributed by atoms with E-state index < -0.39 is 25.3 Å². The third kappa shape index (κ3) is 8.48. The molecule has 12 heteroatoms. The van der Waals surface area contributed by atoms with E-state index in [0.717, 1.165) is 72.9 Å². The van der Waals surface area contributed by atoms with Crippen LogP contribution in [0.2, 0.25) is 16.6 Å². The number of pyridine rings is 1. The van der Waals surface area contributed by atoms with E-state index in [1.165, 1.54) is 11.6 Å². The highest BCUT2D eigenvalue weighted by atomic mass is 28.3. The number of hydrogen-bond donors (Lipinski definition) is 0. The molecule has 2 atom stereocenters. The number of ether oxygens (including phenoxy) is 2. The van der Waals surface area contributed by atoms with Crippen LogP contribution in [0.5, 0.6) is 6.01 Å². The number of amides is 1. The summed E-state index contributed by atoms with van der Waals surface area (Å²) in [6, 6.07) is 15.2. The first-order valence-corrected chi connectivity index (χ1v) is 25.9. The summed E-state index contributed by atoms with van der Waals surface area (Å²) in [6.07, 6.45) is 5.08. The number of carbonyl (C=O) groups is 1. The molecule has 65 heavy (non-hydrogen) atoms. The number of halogens is 2. The van der Waals surface area contributed by atoms with Gasteiger partial charge in [0.25, 0.3) is 0 Å². The van der Waals surface area contributed by atoms with E-state index in [0.29, 0.717) is 47.7 Å². The van der Waals surface area contributed by atoms with Crippen molar-refractivity contribution in [1.29, 1.82) is 0 Å². The van der Waals surface area contributed by atoms with Crippen molar-refractivity contribution in [3.63, 3.8) is 0 Å². The Labute approximate surface area is 384 Å². The molecule has 0 radical (unpaired) electrons. The summed E-state index contributed by atoms with van der Waals surface area (Å²) in [5, 5.41) is 1.86. The fourth-order valence-corrected chi connectivity index (χ4v) is 16.7. The summed E-state index contributed by atoms with van der Waals surface area (Å²) in [5.41, 5.74) is 8.69. The second-order valence-electron chi connectivity index (χ2n) is 21.4. The molecule has 2 unspecified atom stereocenters. The maximum absolute atomic E-state index is 17.9. The Morgan fingerprint density at radius 2 is 1.65 bits per heavy atom. The zero-order chi connectivity index (χ0) is 46.2. The smallest absolute Gasteiger partial charge is 0.410 e. The quantitative estimate of drug-likeness (QED) is 0.101. The Bertz CT molecular complexity index is 2680. The molecule has 2 aromatic heterocycles. The van der Waals surface area contributed by atoms with Crippen molar-refractivity contribution in [2.24, 2.45) is 5.41 Å². The van der Waals surface area contributed by atoms with Gasteiger partial charge in [-0.25, -0.2) is 13.6 Å². The second kappa shape index (κ2) is 16.9. The number of carbonyl (C=O) groups excluding carboxylic acids is 1. The van der Waals surface area contributed by atoms with Crippen molar-refractivity contribution in [2.75, 3.05) is 31.1 Å². The van der Waals surface area contributed by atoms with Crippen LogP contribution < -0.4 is 9.64 Å². The predicted molar refractivity (Wildman–Crippen MR) is 258 cm³/mol. The van der Waals surface area contributed by atoms with Gasteiger partial charge in [0, 0.05) is 60.7 Å². The van der Waals surface area contributed by atoms with E-state index in [1.807, 2.05) is 69.1 Å². The zero-order valence-electron chi connectivity index (χ0n) is 39.8. The van der Waals surface area contributed by atoms with Crippen molar-refractivity contribution >= 4 is 41.7 Å². The van der Waals surface area contributed by atoms with Gasteiger partial charge in [0.05, 0.1) is 29.9 Å². The molecule has 0 spiro atoms. The molecule has 1 amide bonds. The minimum absolute atomic E-state index is 0.00157. The molecule has 9 nitrogen and oxygen atoms in total. The van der Waals surface area contributed by atoms with Gasteiger partial charge < -0.3 is 14.4 Å². The molecule has 3 fully saturated rings. The number of piperazine rings is 1. The molecule has 2 saturated heterocycles. The van der Waals surface area contributed by atoms with E-state index in [2.05, 4.69) is 79.9 Å². The fraction of sp³-hybridized carbons (Fsp3) is 0.509. The van der Waals surface area contributed by atoms with E-state index in [1.54, 1.807) is 0 Å². The lowest BCUT2D eigenvalue weighted by atomic mass is 9.91. The van der Waals surface area contributed by atoms with Crippen molar-refractivity contribution in [3.05, 3.63) is 88.7 Å². The average Bonchev–Trinajstić information content (AvgIpc) is 3.78. The lowest BCUT2D eigenvalue weighted by Gasteiger charge is -2.42. The average molecular weight is 899 g/mol. The van der Waals surface area contributed by atoms with E-state index in [9.17, 15) is 4.79 Å². The monoisotopic (exact) mass is 898 g/mol. The van der Waals surface area contributed by atoms with Crippen LogP contribution in [0, 0.1) is 35.4 Å². The minimum Gasteiger partial charge on any atom is -0.463 e. The zero-order valence-corrected chi connectivity index (χ0v) is 40.8. The van der Waals surface area contributed by atoms with Crippen LogP contribution in [0.3, 0.4) is 0 Å². The van der Waals surface area contributed by atoms with Crippen LogP contribution >= 0.6 is 0 Å². The Morgan fingerprint density at radius 3 is 2.29 bits per heavy atom. The molecule has 2 bridgehead atoms. The Balaban J connectivity index is 1.14. The predicted octanol–water partition coefficient (Wildman–Crippen LogP) is 11.8. The highest BCUT2D eigenvalue weighted by Gasteiger charge is 2.47. The first kappa shape index (κ1) is 45.1. The fourth-order valence-electron chi connectivity index (χ4n) is 11.5. The van der Waals surface area contributed by atoms with Crippen LogP contribution in [-0.2, 0) is 17.8 Å². The minimum atomic E-state index is -2.14. The molecule has 4 aliphatic rings. The van der Waals surface area contributed by atoms with Gasteiger partial charge in [-0.3, -0.25) is 14.8 Å². The second-order valence-corrected chi connectivity index (χ2v) is 26.9. The summed E-state index contributed by atoms with van der Waals surface area (Å²) >= 11 is 0. The summed E-state index contributed by atoms with van der Waals surface area (Å²) in [6.45, 7) is 25.0. The van der Waals surface area contributed by atoms with Gasteiger partial charge in [-0.1, -0.05) is 77.8 Å². The first-order valence-electron chi connectivity index (χ1n) is 23.7. The van der Waals surface area contributed by atoms with Gasteiger partial charge >= 0.3 is 12.1 Å². The third-order valence-electron chi connectivity index (χ3n) is 14.7. The number of aryl methyl sites for hydroxylation is 1. The van der Waals surface area contributed by atoms with Gasteiger partial charge in [-0.2, -0.15) is 9.97 Å². The molecular weight excluding hydrogens is 835 g/mol. The number of benzene rings is 3. The van der Waals surface area contributed by atoms with Crippen LogP contribution in [0.15, 0.2) is 54.7 Å². The molecule has 5 heterocycles. The number of nitrogens with zero attached hydrogens (tertiary/aromatic N) is 6. The van der Waals surface area contributed by atoms with Gasteiger partial charge in [0.2, 0.25) is 0 Å². The standard InChI is InChI=1S/C53H64F2N6O3Si/c1-32(2)65(33(3)4,34(5)6)22-18-36-13-11-14-37-23-35(7)24-41(45(36)37)46-43(54)25-42-48(47(46)55)57-50(63-31-53(19-20-53)30-59-26-38-15-12-21-56-44(38)29-59)58-49(42)60-27-39-16-17-40(28-60)61(39)51(62)64-52(8,9)10/h11-15,21,23-25,32-34,39-40H,16-17,19-20,26-31H2,1-10H3. The summed E-state index contributed by atoms with van der Waals surface area (Å²) in [4.78, 5) is 34.2.